The van der Waals surface area contributed by atoms with Gasteiger partial charge >= 0.3 is 0 Å². The topological polar surface area (TPSA) is 16.4 Å². The Bertz CT molecular complexity index is 2470. The SMILES string of the molecule is c1ccc(N(c2ccc3ccc4ccc5ccccc5c4c3c2)c2cccc3cc4c(cc23)oc2ccccc24)cc1. The first-order valence-corrected chi connectivity index (χ1v) is 14.4. The van der Waals surface area contributed by atoms with Gasteiger partial charge in [0.2, 0.25) is 0 Å². The van der Waals surface area contributed by atoms with Crippen molar-refractivity contribution in [3.63, 3.8) is 0 Å². The number of anilines is 3. The summed E-state index contributed by atoms with van der Waals surface area (Å²) in [5, 5.41) is 12.2. The highest BCUT2D eigenvalue weighted by Crippen LogP contribution is 2.43. The lowest BCUT2D eigenvalue weighted by Crippen LogP contribution is -2.10. The van der Waals surface area contributed by atoms with E-state index in [1.165, 1.54) is 37.7 Å². The van der Waals surface area contributed by atoms with Crippen LogP contribution in [0, 0.1) is 0 Å². The molecular weight excluding hydrogens is 510 g/mol. The standard InChI is InChI=1S/C40H25NO/c1-2-11-30(12-3-1)41(37-15-8-10-29-23-36-33-14-6-7-16-38(33)42-39(36)25-34(29)37)31-22-21-27-18-20-28-19-17-26-9-4-5-13-32(26)40(28)35(27)24-31/h1-25H. The molecular formula is C40H25NO. The van der Waals surface area contributed by atoms with Crippen LogP contribution in [-0.2, 0) is 0 Å². The third kappa shape index (κ3) is 3.45. The van der Waals surface area contributed by atoms with Crippen LogP contribution in [0.2, 0.25) is 0 Å². The van der Waals surface area contributed by atoms with Gasteiger partial charge in [0.15, 0.2) is 0 Å². The van der Waals surface area contributed by atoms with E-state index in [1.54, 1.807) is 0 Å². The monoisotopic (exact) mass is 535 g/mol. The number of rotatable bonds is 3. The summed E-state index contributed by atoms with van der Waals surface area (Å²) in [5.74, 6) is 0. The molecule has 0 amide bonds. The van der Waals surface area contributed by atoms with Crippen molar-refractivity contribution in [3.05, 3.63) is 152 Å². The van der Waals surface area contributed by atoms with Crippen molar-refractivity contribution in [1.29, 1.82) is 0 Å². The minimum atomic E-state index is 0.903. The number of hydrogen-bond acceptors (Lipinski definition) is 2. The summed E-state index contributed by atoms with van der Waals surface area (Å²) in [6.07, 6.45) is 0. The van der Waals surface area contributed by atoms with Gasteiger partial charge in [0, 0.05) is 27.5 Å². The predicted octanol–water partition coefficient (Wildman–Crippen LogP) is 11.7. The van der Waals surface area contributed by atoms with E-state index in [9.17, 15) is 0 Å². The summed E-state index contributed by atoms with van der Waals surface area (Å²) in [6, 6.07) is 54.4. The predicted molar refractivity (Wildman–Crippen MR) is 178 cm³/mol. The van der Waals surface area contributed by atoms with Crippen LogP contribution in [0.1, 0.15) is 0 Å². The molecule has 0 bridgehead atoms. The smallest absolute Gasteiger partial charge is 0.136 e. The van der Waals surface area contributed by atoms with E-state index in [1.807, 2.05) is 12.1 Å². The van der Waals surface area contributed by atoms with Gasteiger partial charge in [-0.15, -0.1) is 0 Å². The average Bonchev–Trinajstić information content (AvgIpc) is 3.41. The molecule has 0 atom stereocenters. The van der Waals surface area contributed by atoms with E-state index in [-0.39, 0.29) is 0 Å². The van der Waals surface area contributed by atoms with E-state index < -0.39 is 0 Å². The van der Waals surface area contributed by atoms with Crippen LogP contribution in [0.4, 0.5) is 17.1 Å². The molecule has 0 saturated carbocycles. The zero-order chi connectivity index (χ0) is 27.6. The second kappa shape index (κ2) is 8.95. The first kappa shape index (κ1) is 23.1. The van der Waals surface area contributed by atoms with Crippen molar-refractivity contribution in [3.8, 4) is 0 Å². The Morgan fingerprint density at radius 1 is 0.357 bits per heavy atom. The molecule has 0 aliphatic rings. The number of para-hydroxylation sites is 2. The molecule has 0 saturated heterocycles. The summed E-state index contributed by atoms with van der Waals surface area (Å²) in [7, 11) is 0. The zero-order valence-corrected chi connectivity index (χ0v) is 22.8. The number of benzene rings is 8. The lowest BCUT2D eigenvalue weighted by Gasteiger charge is -2.27. The van der Waals surface area contributed by atoms with E-state index in [0.717, 1.165) is 44.4 Å². The molecule has 2 heteroatoms. The summed E-state index contributed by atoms with van der Waals surface area (Å²) in [6.45, 7) is 0. The zero-order valence-electron chi connectivity index (χ0n) is 22.8. The Kier molecular flexibility index (Phi) is 4.93. The molecule has 0 fully saturated rings. The van der Waals surface area contributed by atoms with Gasteiger partial charge in [-0.25, -0.2) is 0 Å². The third-order valence-corrected chi connectivity index (χ3v) is 8.58. The fourth-order valence-corrected chi connectivity index (χ4v) is 6.63. The molecule has 9 aromatic rings. The Morgan fingerprint density at radius 3 is 1.93 bits per heavy atom. The first-order valence-electron chi connectivity index (χ1n) is 14.4. The minimum absolute atomic E-state index is 0.903. The number of furan rings is 1. The van der Waals surface area contributed by atoms with Crippen molar-refractivity contribution in [2.75, 3.05) is 4.90 Å². The lowest BCUT2D eigenvalue weighted by atomic mass is 9.96. The maximum atomic E-state index is 6.33. The maximum absolute atomic E-state index is 6.33. The highest BCUT2D eigenvalue weighted by molar-refractivity contribution is 6.21. The summed E-state index contributed by atoms with van der Waals surface area (Å²) in [5.41, 5.74) is 5.16. The molecule has 9 rings (SSSR count). The highest BCUT2D eigenvalue weighted by atomic mass is 16.3. The minimum Gasteiger partial charge on any atom is -0.456 e. The molecule has 42 heavy (non-hydrogen) atoms. The Morgan fingerprint density at radius 2 is 1.05 bits per heavy atom. The van der Waals surface area contributed by atoms with Gasteiger partial charge in [0.05, 0.1) is 5.69 Å². The molecule has 2 nitrogen and oxygen atoms in total. The highest BCUT2D eigenvalue weighted by Gasteiger charge is 2.18. The average molecular weight is 536 g/mol. The quantitative estimate of drug-likeness (QED) is 0.209. The molecule has 1 heterocycles. The molecule has 1 aromatic heterocycles. The molecule has 0 aliphatic heterocycles. The number of nitrogens with zero attached hydrogens (tertiary/aromatic N) is 1. The van der Waals surface area contributed by atoms with Gasteiger partial charge in [-0.05, 0) is 86.2 Å². The largest absolute Gasteiger partial charge is 0.456 e. The van der Waals surface area contributed by atoms with Gasteiger partial charge < -0.3 is 9.32 Å². The van der Waals surface area contributed by atoms with Crippen molar-refractivity contribution in [2.24, 2.45) is 0 Å². The van der Waals surface area contributed by atoms with Crippen LogP contribution in [0.3, 0.4) is 0 Å². The van der Waals surface area contributed by atoms with Gasteiger partial charge in [0.1, 0.15) is 11.2 Å². The van der Waals surface area contributed by atoms with Crippen LogP contribution in [0.5, 0.6) is 0 Å². The van der Waals surface area contributed by atoms with Crippen molar-refractivity contribution < 1.29 is 4.42 Å². The number of hydrogen-bond donors (Lipinski definition) is 0. The summed E-state index contributed by atoms with van der Waals surface area (Å²) >= 11 is 0. The van der Waals surface area contributed by atoms with Crippen LogP contribution >= 0.6 is 0 Å². The molecule has 0 radical (unpaired) electrons. The first-order chi connectivity index (χ1) is 20.8. The van der Waals surface area contributed by atoms with Crippen molar-refractivity contribution in [2.45, 2.75) is 0 Å². The van der Waals surface area contributed by atoms with E-state index in [0.29, 0.717) is 0 Å². The second-order valence-corrected chi connectivity index (χ2v) is 11.0. The summed E-state index contributed by atoms with van der Waals surface area (Å²) in [4.78, 5) is 2.38. The molecule has 196 valence electrons. The maximum Gasteiger partial charge on any atom is 0.136 e. The van der Waals surface area contributed by atoms with Gasteiger partial charge in [-0.1, -0.05) is 103 Å². The van der Waals surface area contributed by atoms with Gasteiger partial charge in [-0.3, -0.25) is 0 Å². The van der Waals surface area contributed by atoms with E-state index in [4.69, 9.17) is 4.42 Å². The fraction of sp³-hybridized carbons (Fsp3) is 0. The summed E-state index contributed by atoms with van der Waals surface area (Å²) < 4.78 is 6.33. The normalized spacial score (nSPS) is 11.8. The van der Waals surface area contributed by atoms with Crippen LogP contribution in [-0.4, -0.2) is 0 Å². The van der Waals surface area contributed by atoms with Crippen molar-refractivity contribution in [1.82, 2.24) is 0 Å². The Hall–Kier alpha value is -5.60. The van der Waals surface area contributed by atoms with Gasteiger partial charge in [0.25, 0.3) is 0 Å². The van der Waals surface area contributed by atoms with Gasteiger partial charge in [-0.2, -0.15) is 0 Å². The molecule has 0 unspecified atom stereocenters. The molecule has 0 spiro atoms. The van der Waals surface area contributed by atoms with Crippen LogP contribution in [0.25, 0.3) is 65.0 Å². The van der Waals surface area contributed by atoms with Crippen LogP contribution in [0.15, 0.2) is 156 Å². The Balaban J connectivity index is 1.34. The fourth-order valence-electron chi connectivity index (χ4n) is 6.63. The Labute approximate surface area is 242 Å². The number of fused-ring (bicyclic) bond motifs is 9. The lowest BCUT2D eigenvalue weighted by molar-refractivity contribution is 0.669. The molecule has 0 aliphatic carbocycles. The van der Waals surface area contributed by atoms with Crippen molar-refractivity contribution >= 4 is 82.1 Å². The van der Waals surface area contributed by atoms with Crippen LogP contribution < -0.4 is 4.90 Å². The van der Waals surface area contributed by atoms with E-state index in [2.05, 4.69) is 144 Å². The van der Waals surface area contributed by atoms with E-state index >= 15 is 0 Å². The third-order valence-electron chi connectivity index (χ3n) is 8.58. The second-order valence-electron chi connectivity index (χ2n) is 11.0. The molecule has 8 aromatic carbocycles. The molecule has 0 N–H and O–H groups in total.